The Morgan fingerprint density at radius 2 is 2.00 bits per heavy atom. The molecule has 2 N–H and O–H groups in total. The standard InChI is InChI=1S/C17H17F3N4O2S/c18-17(19,20)11-3-4-13(24-7-1-2-8-24)12(9-11)22-15(26)10-27-16-21-6-5-14(25)23-16/h3-6,9H,1-2,7-8,10H2,(H,22,26)(H,21,23,25). The zero-order valence-corrected chi connectivity index (χ0v) is 15.0. The van der Waals surface area contributed by atoms with Crippen molar-refractivity contribution < 1.29 is 18.0 Å². The number of rotatable bonds is 5. The van der Waals surface area contributed by atoms with Gasteiger partial charge in [-0.05, 0) is 31.0 Å². The van der Waals surface area contributed by atoms with Gasteiger partial charge in [0, 0.05) is 25.4 Å². The van der Waals surface area contributed by atoms with Gasteiger partial charge in [-0.3, -0.25) is 9.59 Å². The zero-order valence-electron chi connectivity index (χ0n) is 14.2. The molecule has 2 aromatic rings. The van der Waals surface area contributed by atoms with Crippen molar-refractivity contribution in [2.45, 2.75) is 24.2 Å². The van der Waals surface area contributed by atoms with E-state index in [1.165, 1.54) is 18.3 Å². The molecule has 27 heavy (non-hydrogen) atoms. The molecule has 1 fully saturated rings. The Morgan fingerprint density at radius 3 is 2.67 bits per heavy atom. The molecule has 1 saturated heterocycles. The molecule has 1 aliphatic rings. The minimum atomic E-state index is -4.49. The number of alkyl halides is 3. The number of amides is 1. The first-order valence-electron chi connectivity index (χ1n) is 8.27. The van der Waals surface area contributed by atoms with Crippen molar-refractivity contribution in [3.8, 4) is 0 Å². The summed E-state index contributed by atoms with van der Waals surface area (Å²) in [6.07, 6.45) is -1.27. The van der Waals surface area contributed by atoms with Gasteiger partial charge in [0.05, 0.1) is 22.7 Å². The number of anilines is 2. The lowest BCUT2D eigenvalue weighted by Gasteiger charge is -2.23. The number of carbonyl (C=O) groups excluding carboxylic acids is 1. The summed E-state index contributed by atoms with van der Waals surface area (Å²) in [6.45, 7) is 1.47. The van der Waals surface area contributed by atoms with Crippen LogP contribution in [0.5, 0.6) is 0 Å². The van der Waals surface area contributed by atoms with Gasteiger partial charge in [0.1, 0.15) is 0 Å². The minimum Gasteiger partial charge on any atom is -0.370 e. The zero-order chi connectivity index (χ0) is 19.4. The fourth-order valence-electron chi connectivity index (χ4n) is 2.79. The highest BCUT2D eigenvalue weighted by atomic mass is 32.2. The molecular weight excluding hydrogens is 381 g/mol. The molecule has 2 heterocycles. The van der Waals surface area contributed by atoms with Crippen LogP contribution >= 0.6 is 11.8 Å². The van der Waals surface area contributed by atoms with Gasteiger partial charge >= 0.3 is 6.18 Å². The van der Waals surface area contributed by atoms with Gasteiger partial charge in [-0.25, -0.2) is 4.98 Å². The van der Waals surface area contributed by atoms with Crippen molar-refractivity contribution in [1.29, 1.82) is 0 Å². The SMILES string of the molecule is O=C(CSc1nccc(=O)[nH]1)Nc1cc(C(F)(F)F)ccc1N1CCCC1. The normalized spacial score (nSPS) is 14.4. The Labute approximate surface area is 157 Å². The van der Waals surface area contributed by atoms with E-state index in [1.54, 1.807) is 0 Å². The summed E-state index contributed by atoms with van der Waals surface area (Å²) in [5.74, 6) is -0.575. The molecule has 6 nitrogen and oxygen atoms in total. The first kappa shape index (κ1) is 19.3. The molecule has 0 spiro atoms. The maximum Gasteiger partial charge on any atom is 0.416 e. The summed E-state index contributed by atoms with van der Waals surface area (Å²) < 4.78 is 39.1. The van der Waals surface area contributed by atoms with Crippen molar-refractivity contribution in [2.24, 2.45) is 0 Å². The average Bonchev–Trinajstić information content (AvgIpc) is 3.13. The first-order valence-corrected chi connectivity index (χ1v) is 9.26. The monoisotopic (exact) mass is 398 g/mol. The van der Waals surface area contributed by atoms with E-state index in [1.807, 2.05) is 4.90 Å². The number of H-pyrrole nitrogens is 1. The lowest BCUT2D eigenvalue weighted by Crippen LogP contribution is -2.22. The van der Waals surface area contributed by atoms with E-state index in [4.69, 9.17) is 0 Å². The van der Waals surface area contributed by atoms with E-state index >= 15 is 0 Å². The van der Waals surface area contributed by atoms with Gasteiger partial charge < -0.3 is 15.2 Å². The van der Waals surface area contributed by atoms with Crippen LogP contribution in [0.25, 0.3) is 0 Å². The molecule has 1 aromatic heterocycles. The number of nitrogens with one attached hydrogen (secondary N) is 2. The molecule has 0 aliphatic carbocycles. The average molecular weight is 398 g/mol. The van der Waals surface area contributed by atoms with Gasteiger partial charge in [0.25, 0.3) is 5.56 Å². The molecule has 1 aromatic carbocycles. The van der Waals surface area contributed by atoms with Crippen molar-refractivity contribution in [2.75, 3.05) is 29.1 Å². The second-order valence-corrected chi connectivity index (χ2v) is 6.96. The number of thioether (sulfide) groups is 1. The van der Waals surface area contributed by atoms with Gasteiger partial charge in [-0.15, -0.1) is 0 Å². The van der Waals surface area contributed by atoms with Crippen molar-refractivity contribution in [3.63, 3.8) is 0 Å². The quantitative estimate of drug-likeness (QED) is 0.598. The van der Waals surface area contributed by atoms with Crippen LogP contribution < -0.4 is 15.8 Å². The lowest BCUT2D eigenvalue weighted by molar-refractivity contribution is -0.137. The predicted molar refractivity (Wildman–Crippen MR) is 97.1 cm³/mol. The number of halogens is 3. The summed E-state index contributed by atoms with van der Waals surface area (Å²) in [5.41, 5.74) is -0.457. The summed E-state index contributed by atoms with van der Waals surface area (Å²) in [6, 6.07) is 4.62. The number of benzene rings is 1. The molecule has 144 valence electrons. The Morgan fingerprint density at radius 1 is 1.26 bits per heavy atom. The van der Waals surface area contributed by atoms with Crippen LogP contribution in [-0.4, -0.2) is 34.7 Å². The molecule has 0 atom stereocenters. The van der Waals surface area contributed by atoms with Gasteiger partial charge in [-0.2, -0.15) is 13.2 Å². The third-order valence-electron chi connectivity index (χ3n) is 4.03. The summed E-state index contributed by atoms with van der Waals surface area (Å²) in [7, 11) is 0. The van der Waals surface area contributed by atoms with Crippen LogP contribution in [0.4, 0.5) is 24.5 Å². The topological polar surface area (TPSA) is 78.1 Å². The summed E-state index contributed by atoms with van der Waals surface area (Å²) >= 11 is 0.995. The Hall–Kier alpha value is -2.49. The van der Waals surface area contributed by atoms with Gasteiger partial charge in [0.15, 0.2) is 5.16 Å². The van der Waals surface area contributed by atoms with Gasteiger partial charge in [-0.1, -0.05) is 11.8 Å². The van der Waals surface area contributed by atoms with Crippen LogP contribution in [0.2, 0.25) is 0 Å². The number of hydrogen-bond acceptors (Lipinski definition) is 5. The number of aromatic nitrogens is 2. The van der Waals surface area contributed by atoms with E-state index in [-0.39, 0.29) is 22.2 Å². The first-order chi connectivity index (χ1) is 12.8. The van der Waals surface area contributed by atoms with Gasteiger partial charge in [0.2, 0.25) is 5.91 Å². The summed E-state index contributed by atoms with van der Waals surface area (Å²) in [4.78, 5) is 31.8. The van der Waals surface area contributed by atoms with Crippen LogP contribution in [0.1, 0.15) is 18.4 Å². The summed E-state index contributed by atoms with van der Waals surface area (Å²) in [5, 5.41) is 2.83. The second-order valence-electron chi connectivity index (χ2n) is 6.00. The lowest BCUT2D eigenvalue weighted by atomic mass is 10.1. The van der Waals surface area contributed by atoms with Crippen LogP contribution in [0, 0.1) is 0 Å². The highest BCUT2D eigenvalue weighted by molar-refractivity contribution is 7.99. The van der Waals surface area contributed by atoms with Crippen LogP contribution in [-0.2, 0) is 11.0 Å². The van der Waals surface area contributed by atoms with Crippen molar-refractivity contribution in [3.05, 3.63) is 46.4 Å². The smallest absolute Gasteiger partial charge is 0.370 e. The minimum absolute atomic E-state index is 0.0946. The molecule has 0 unspecified atom stereocenters. The van der Waals surface area contributed by atoms with E-state index in [0.717, 1.165) is 49.8 Å². The number of nitrogens with zero attached hydrogens (tertiary/aromatic N) is 2. The van der Waals surface area contributed by atoms with Crippen molar-refractivity contribution >= 4 is 29.0 Å². The molecule has 1 amide bonds. The Kier molecular flexibility index (Phi) is 5.73. The third-order valence-corrected chi connectivity index (χ3v) is 4.92. The van der Waals surface area contributed by atoms with E-state index in [9.17, 15) is 22.8 Å². The van der Waals surface area contributed by atoms with Crippen molar-refractivity contribution in [1.82, 2.24) is 9.97 Å². The fourth-order valence-corrected chi connectivity index (χ4v) is 3.44. The molecular formula is C17H17F3N4O2S. The molecule has 1 aliphatic heterocycles. The predicted octanol–water partition coefficient (Wildman–Crippen LogP) is 3.12. The Balaban J connectivity index is 1.76. The van der Waals surface area contributed by atoms with E-state index in [2.05, 4.69) is 15.3 Å². The maximum absolute atomic E-state index is 13.0. The number of carbonyl (C=O) groups is 1. The maximum atomic E-state index is 13.0. The van der Waals surface area contributed by atoms with Crippen LogP contribution in [0.3, 0.4) is 0 Å². The third kappa shape index (κ3) is 5.03. The Bertz CT molecular complexity index is 879. The van der Waals surface area contributed by atoms with Crippen LogP contribution in [0.15, 0.2) is 40.4 Å². The fraction of sp³-hybridized carbons (Fsp3) is 0.353. The molecule has 0 bridgehead atoms. The second kappa shape index (κ2) is 8.03. The number of aromatic amines is 1. The van der Waals surface area contributed by atoms with E-state index in [0.29, 0.717) is 5.69 Å². The van der Waals surface area contributed by atoms with E-state index < -0.39 is 17.6 Å². The highest BCUT2D eigenvalue weighted by Crippen LogP contribution is 2.36. The highest BCUT2D eigenvalue weighted by Gasteiger charge is 2.32. The molecule has 10 heteroatoms. The molecule has 0 saturated carbocycles. The number of hydrogen-bond donors (Lipinski definition) is 2. The largest absolute Gasteiger partial charge is 0.416 e. The molecule has 0 radical (unpaired) electrons. The molecule has 3 rings (SSSR count).